The summed E-state index contributed by atoms with van der Waals surface area (Å²) in [6.45, 7) is 0.432. The zero-order chi connectivity index (χ0) is 26.2. The molecular formula is C30H35IO6. The summed E-state index contributed by atoms with van der Waals surface area (Å²) in [7, 11) is 0. The van der Waals surface area contributed by atoms with Crippen molar-refractivity contribution in [2.75, 3.05) is 31.4 Å². The second-order valence-corrected chi connectivity index (χ2v) is 7.17. The molecule has 0 spiro atoms. The van der Waals surface area contributed by atoms with E-state index in [9.17, 15) is 10.2 Å². The van der Waals surface area contributed by atoms with Gasteiger partial charge in [-0.3, -0.25) is 0 Å². The fraction of sp³-hybridized carbons (Fsp3) is 0.200. The van der Waals surface area contributed by atoms with E-state index in [0.717, 1.165) is 11.1 Å². The number of phenolic OH excluding ortho intramolecular Hbond substituents is 2. The third-order valence-corrected chi connectivity index (χ3v) is 4.86. The molecule has 0 saturated heterocycles. The van der Waals surface area contributed by atoms with Gasteiger partial charge in [-0.2, -0.15) is 0 Å². The Balaban J connectivity index is 0.000000354. The summed E-state index contributed by atoms with van der Waals surface area (Å²) in [5, 5.41) is 36.9. The summed E-state index contributed by atoms with van der Waals surface area (Å²) in [5.41, 5.74) is 3.08. The van der Waals surface area contributed by atoms with Crippen LogP contribution in [0.3, 0.4) is 0 Å². The van der Waals surface area contributed by atoms with E-state index in [1.807, 2.05) is 65.6 Å². The minimum absolute atomic E-state index is 0. The van der Waals surface area contributed by atoms with E-state index < -0.39 is 0 Å². The Kier molecular flexibility index (Phi) is 15.5. The molecule has 6 nitrogen and oxygen atoms in total. The van der Waals surface area contributed by atoms with Crippen LogP contribution in [0.15, 0.2) is 97.1 Å². The van der Waals surface area contributed by atoms with Crippen molar-refractivity contribution < 1.29 is 29.9 Å². The number of rotatable bonds is 8. The molecule has 4 aromatic carbocycles. The molecule has 0 amide bonds. The number of aliphatic hydroxyl groups excluding tert-OH is 2. The molecule has 0 fully saturated rings. The van der Waals surface area contributed by atoms with E-state index in [4.69, 9.17) is 19.7 Å². The zero-order valence-electron chi connectivity index (χ0n) is 20.0. The van der Waals surface area contributed by atoms with Crippen LogP contribution < -0.4 is 9.47 Å². The molecule has 0 aromatic heterocycles. The van der Waals surface area contributed by atoms with Crippen molar-refractivity contribution >= 4 is 22.6 Å². The highest BCUT2D eigenvalue weighted by atomic mass is 127. The van der Waals surface area contributed by atoms with Crippen LogP contribution in [0, 0.1) is 0 Å². The minimum Gasteiger partial charge on any atom is -0.507 e. The maximum Gasteiger partial charge on any atom is 0.127 e. The van der Waals surface area contributed by atoms with Crippen LogP contribution in [0.25, 0.3) is 22.3 Å². The number of alkyl halides is 1. The number of benzene rings is 4. The lowest BCUT2D eigenvalue weighted by Gasteiger charge is -2.14. The first-order valence-corrected chi connectivity index (χ1v) is 13.4. The first-order valence-electron chi connectivity index (χ1n) is 11.3. The number of halogens is 1. The van der Waals surface area contributed by atoms with Crippen LogP contribution >= 0.6 is 22.6 Å². The van der Waals surface area contributed by atoms with Gasteiger partial charge >= 0.3 is 0 Å². The van der Waals surface area contributed by atoms with E-state index in [-0.39, 0.29) is 45.4 Å². The van der Waals surface area contributed by atoms with Gasteiger partial charge in [-0.15, -0.1) is 0 Å². The molecule has 0 atom stereocenters. The molecule has 0 aliphatic carbocycles. The Bertz CT molecular complexity index is 1090. The van der Waals surface area contributed by atoms with Gasteiger partial charge in [0.25, 0.3) is 0 Å². The summed E-state index contributed by atoms with van der Waals surface area (Å²) >= 11 is 2.15. The number of para-hydroxylation sites is 4. The lowest BCUT2D eigenvalue weighted by Crippen LogP contribution is -2.04. The number of hydrogen-bond acceptors (Lipinski definition) is 6. The summed E-state index contributed by atoms with van der Waals surface area (Å²) in [6, 6.07) is 29.1. The summed E-state index contributed by atoms with van der Waals surface area (Å²) < 4.78 is 11.1. The molecule has 7 heteroatoms. The molecule has 0 radical (unpaired) electrons. The van der Waals surface area contributed by atoms with Gasteiger partial charge in [0.1, 0.15) is 36.2 Å². The SMILES string of the molecule is C.CI.OCCOc1ccccc1-c1ccccc1OCCO.Oc1ccccc1-c1ccccc1O. The first kappa shape index (κ1) is 31.8. The predicted molar refractivity (Wildman–Crippen MR) is 159 cm³/mol. The van der Waals surface area contributed by atoms with Crippen molar-refractivity contribution in [1.29, 1.82) is 0 Å². The second-order valence-electron chi connectivity index (χ2n) is 7.17. The topological polar surface area (TPSA) is 99.4 Å². The van der Waals surface area contributed by atoms with E-state index in [1.165, 1.54) is 0 Å². The van der Waals surface area contributed by atoms with Gasteiger partial charge in [0, 0.05) is 22.3 Å². The van der Waals surface area contributed by atoms with E-state index in [1.54, 1.807) is 36.4 Å². The predicted octanol–water partition coefficient (Wildman–Crippen LogP) is 6.55. The average molecular weight is 619 g/mol. The fourth-order valence-corrected chi connectivity index (χ4v) is 3.34. The number of aliphatic hydroxyl groups is 2. The molecule has 0 aliphatic heterocycles. The molecular weight excluding hydrogens is 583 g/mol. The summed E-state index contributed by atoms with van der Waals surface area (Å²) in [4.78, 5) is 1.97. The quantitative estimate of drug-likeness (QED) is 0.132. The maximum atomic E-state index is 9.58. The molecule has 0 heterocycles. The van der Waals surface area contributed by atoms with Gasteiger partial charge in [0.05, 0.1) is 13.2 Å². The highest BCUT2D eigenvalue weighted by Crippen LogP contribution is 2.36. The number of aromatic hydroxyl groups is 2. The second kappa shape index (κ2) is 18.0. The lowest BCUT2D eigenvalue weighted by molar-refractivity contribution is 0.200. The van der Waals surface area contributed by atoms with Crippen LogP contribution in [0.4, 0.5) is 0 Å². The van der Waals surface area contributed by atoms with Crippen molar-refractivity contribution in [3.05, 3.63) is 97.1 Å². The van der Waals surface area contributed by atoms with Crippen molar-refractivity contribution in [2.45, 2.75) is 7.43 Å². The van der Waals surface area contributed by atoms with Crippen molar-refractivity contribution in [3.8, 4) is 45.3 Å². The Morgan fingerprint density at radius 3 is 1.14 bits per heavy atom. The Morgan fingerprint density at radius 1 is 0.514 bits per heavy atom. The van der Waals surface area contributed by atoms with Crippen LogP contribution in [-0.4, -0.2) is 51.8 Å². The molecule has 0 unspecified atom stereocenters. The van der Waals surface area contributed by atoms with Gasteiger partial charge < -0.3 is 29.9 Å². The monoisotopic (exact) mass is 618 g/mol. The average Bonchev–Trinajstić information content (AvgIpc) is 2.93. The van der Waals surface area contributed by atoms with Crippen molar-refractivity contribution in [2.24, 2.45) is 0 Å². The van der Waals surface area contributed by atoms with E-state index >= 15 is 0 Å². The zero-order valence-corrected chi connectivity index (χ0v) is 22.2. The first-order chi connectivity index (χ1) is 17.7. The largest absolute Gasteiger partial charge is 0.507 e. The molecule has 0 bridgehead atoms. The molecule has 0 aliphatic rings. The smallest absolute Gasteiger partial charge is 0.127 e. The molecule has 4 N–H and O–H groups in total. The summed E-state index contributed by atoms with van der Waals surface area (Å²) in [5.74, 6) is 1.74. The highest BCUT2D eigenvalue weighted by Gasteiger charge is 2.11. The Morgan fingerprint density at radius 2 is 0.811 bits per heavy atom. The van der Waals surface area contributed by atoms with Crippen molar-refractivity contribution in [3.63, 3.8) is 0 Å². The van der Waals surface area contributed by atoms with Gasteiger partial charge in [-0.25, -0.2) is 0 Å². The van der Waals surface area contributed by atoms with Crippen molar-refractivity contribution in [1.82, 2.24) is 0 Å². The fourth-order valence-electron chi connectivity index (χ4n) is 3.34. The lowest BCUT2D eigenvalue weighted by atomic mass is 10.0. The molecule has 0 saturated carbocycles. The molecule has 198 valence electrons. The minimum atomic E-state index is -0.0308. The van der Waals surface area contributed by atoms with Gasteiger partial charge in [0.2, 0.25) is 0 Å². The Labute approximate surface area is 232 Å². The van der Waals surface area contributed by atoms with Crippen LogP contribution in [0.2, 0.25) is 0 Å². The van der Waals surface area contributed by atoms with Crippen LogP contribution in [0.5, 0.6) is 23.0 Å². The highest BCUT2D eigenvalue weighted by molar-refractivity contribution is 14.1. The van der Waals surface area contributed by atoms with Crippen LogP contribution in [0.1, 0.15) is 7.43 Å². The van der Waals surface area contributed by atoms with E-state index in [2.05, 4.69) is 22.6 Å². The third kappa shape index (κ3) is 9.60. The molecule has 4 aromatic rings. The number of ether oxygens (including phenoxy) is 2. The third-order valence-electron chi connectivity index (χ3n) is 4.86. The van der Waals surface area contributed by atoms with Gasteiger partial charge in [0.15, 0.2) is 0 Å². The molecule has 37 heavy (non-hydrogen) atoms. The normalized spacial score (nSPS) is 9.51. The van der Waals surface area contributed by atoms with Gasteiger partial charge in [-0.05, 0) is 29.2 Å². The van der Waals surface area contributed by atoms with E-state index in [0.29, 0.717) is 22.6 Å². The number of phenols is 2. The molecule has 4 rings (SSSR count). The summed E-state index contributed by atoms with van der Waals surface area (Å²) in [6.07, 6.45) is 0. The maximum absolute atomic E-state index is 9.58. The standard InChI is InChI=1S/C16H18O4.C12H10O2.CH3I.CH4/c17-9-11-19-15-7-3-1-5-13(15)14-6-2-4-8-16(14)20-12-10-18;13-11-7-3-1-5-9(11)10-6-2-4-8-12(10)14;1-2;/h1-8,17-18H,9-12H2;1-8,13-14H;1H3;1H4. The van der Waals surface area contributed by atoms with Gasteiger partial charge in [-0.1, -0.05) is 103 Å². The number of hydrogen-bond donors (Lipinski definition) is 4. The Hall–Kier alpha value is -3.27. The van der Waals surface area contributed by atoms with Crippen LogP contribution in [-0.2, 0) is 0 Å².